The molecule has 3 amide bonds. The summed E-state index contributed by atoms with van der Waals surface area (Å²) in [6.07, 6.45) is -2.45. The molecule has 0 radical (unpaired) electrons. The van der Waals surface area contributed by atoms with E-state index in [4.69, 9.17) is 11.5 Å². The molecule has 0 aliphatic rings. The van der Waals surface area contributed by atoms with Gasteiger partial charge >= 0.3 is 12.2 Å². The van der Waals surface area contributed by atoms with Gasteiger partial charge in [-0.1, -0.05) is 0 Å². The fourth-order valence-corrected chi connectivity index (χ4v) is 2.42. The van der Waals surface area contributed by atoms with Crippen molar-refractivity contribution in [3.05, 3.63) is 29.3 Å². The molecule has 0 aliphatic heterocycles. The summed E-state index contributed by atoms with van der Waals surface area (Å²) in [4.78, 5) is 23.2. The Balaban J connectivity index is 0.00000576. The van der Waals surface area contributed by atoms with E-state index in [0.29, 0.717) is 12.2 Å². The fraction of sp³-hybridized carbons (Fsp3) is 0.429. The van der Waals surface area contributed by atoms with E-state index in [2.05, 4.69) is 10.6 Å². The van der Waals surface area contributed by atoms with Crippen molar-refractivity contribution in [3.63, 3.8) is 0 Å². The molecule has 0 saturated carbocycles. The molecule has 0 saturated heterocycles. The van der Waals surface area contributed by atoms with Crippen LogP contribution in [0.4, 0.5) is 23.7 Å². The maximum absolute atomic E-state index is 12.9. The lowest BCUT2D eigenvalue weighted by molar-refractivity contribution is -0.137. The smallest absolute Gasteiger partial charge is 0.352 e. The molecule has 1 aromatic carbocycles. The maximum Gasteiger partial charge on any atom is 0.416 e. The van der Waals surface area contributed by atoms with Gasteiger partial charge in [-0.15, -0.1) is 12.4 Å². The zero-order chi connectivity index (χ0) is 18.3. The van der Waals surface area contributed by atoms with Gasteiger partial charge in [-0.3, -0.25) is 4.79 Å². The topological polar surface area (TPSA) is 110 Å². The second-order valence-electron chi connectivity index (χ2n) is 4.95. The summed E-state index contributed by atoms with van der Waals surface area (Å²) < 4.78 is 38.7. The fourth-order valence-electron chi connectivity index (χ4n) is 1.95. The summed E-state index contributed by atoms with van der Waals surface area (Å²) in [5.41, 5.74) is 9.68. The van der Waals surface area contributed by atoms with Crippen LogP contribution in [-0.2, 0) is 17.5 Å². The molecule has 1 aromatic rings. The minimum Gasteiger partial charge on any atom is -0.352 e. The third-order valence-corrected chi connectivity index (χ3v) is 3.71. The number of carbonyl (C=O) groups is 2. The lowest BCUT2D eigenvalue weighted by atomic mass is 10.1. The quantitative estimate of drug-likeness (QED) is 0.563. The number of primary amides is 1. The van der Waals surface area contributed by atoms with Crippen molar-refractivity contribution in [1.82, 2.24) is 5.32 Å². The van der Waals surface area contributed by atoms with E-state index in [1.54, 1.807) is 0 Å². The van der Waals surface area contributed by atoms with Crippen LogP contribution in [0.25, 0.3) is 0 Å². The standard InChI is InChI=1S/C14H19F3N4O2S.ClH/c1-24-3-2-11(21-13(19)23)12(22)20-10-5-8(7-18)4-9(6-10)14(15,16)17;/h4-6,11H,2-3,7,18H2,1H3,(H,20,22)(H3,19,21,23);1H. The lowest BCUT2D eigenvalue weighted by Gasteiger charge is -2.18. The first kappa shape index (κ1) is 23.4. The van der Waals surface area contributed by atoms with Gasteiger partial charge in [-0.05, 0) is 42.2 Å². The van der Waals surface area contributed by atoms with Crippen molar-refractivity contribution in [1.29, 1.82) is 0 Å². The number of urea groups is 1. The van der Waals surface area contributed by atoms with Crippen LogP contribution in [0, 0.1) is 0 Å². The average Bonchev–Trinajstić information content (AvgIpc) is 2.49. The Bertz CT molecular complexity index is 602. The molecule has 0 fully saturated rings. The van der Waals surface area contributed by atoms with E-state index >= 15 is 0 Å². The van der Waals surface area contributed by atoms with Crippen LogP contribution in [0.15, 0.2) is 18.2 Å². The largest absolute Gasteiger partial charge is 0.416 e. The predicted octanol–water partition coefficient (Wildman–Crippen LogP) is 2.31. The number of carbonyl (C=O) groups excluding carboxylic acids is 2. The van der Waals surface area contributed by atoms with Gasteiger partial charge in [0.05, 0.1) is 5.56 Å². The van der Waals surface area contributed by atoms with Gasteiger partial charge in [0.2, 0.25) is 5.91 Å². The van der Waals surface area contributed by atoms with E-state index in [1.165, 1.54) is 17.8 Å². The number of hydrogen-bond donors (Lipinski definition) is 4. The second kappa shape index (κ2) is 10.4. The molecule has 6 N–H and O–H groups in total. The molecule has 1 unspecified atom stereocenters. The van der Waals surface area contributed by atoms with Gasteiger partial charge < -0.3 is 22.1 Å². The number of amides is 3. The number of alkyl halides is 3. The van der Waals surface area contributed by atoms with E-state index in [0.717, 1.165) is 12.1 Å². The summed E-state index contributed by atoms with van der Waals surface area (Å²) in [5, 5.41) is 4.64. The van der Waals surface area contributed by atoms with Crippen molar-refractivity contribution in [2.75, 3.05) is 17.3 Å². The monoisotopic (exact) mass is 400 g/mol. The minimum atomic E-state index is -4.56. The Morgan fingerprint density at radius 2 is 1.92 bits per heavy atom. The first-order valence-electron chi connectivity index (χ1n) is 6.94. The van der Waals surface area contributed by atoms with Crippen LogP contribution in [0.2, 0.25) is 0 Å². The number of nitrogens with two attached hydrogens (primary N) is 2. The van der Waals surface area contributed by atoms with Gasteiger partial charge in [0.15, 0.2) is 0 Å². The molecular weight excluding hydrogens is 381 g/mol. The van der Waals surface area contributed by atoms with E-state index < -0.39 is 29.7 Å². The summed E-state index contributed by atoms with van der Waals surface area (Å²) in [7, 11) is 0. The van der Waals surface area contributed by atoms with Crippen LogP contribution < -0.4 is 22.1 Å². The molecule has 0 bridgehead atoms. The number of rotatable bonds is 7. The van der Waals surface area contributed by atoms with Crippen molar-refractivity contribution < 1.29 is 22.8 Å². The molecule has 142 valence electrons. The first-order chi connectivity index (χ1) is 11.2. The van der Waals surface area contributed by atoms with Gasteiger partial charge in [-0.2, -0.15) is 24.9 Å². The average molecular weight is 401 g/mol. The Labute approximate surface area is 153 Å². The number of hydrogen-bond acceptors (Lipinski definition) is 4. The molecule has 0 aliphatic carbocycles. The highest BCUT2D eigenvalue weighted by Gasteiger charge is 2.31. The summed E-state index contributed by atoms with van der Waals surface area (Å²) in [6, 6.07) is 1.26. The van der Waals surface area contributed by atoms with E-state index in [1.807, 2.05) is 6.26 Å². The summed E-state index contributed by atoms with van der Waals surface area (Å²) in [6.45, 7) is -0.109. The first-order valence-corrected chi connectivity index (χ1v) is 8.33. The zero-order valence-corrected chi connectivity index (χ0v) is 15.0. The third kappa shape index (κ3) is 7.84. The van der Waals surface area contributed by atoms with E-state index in [-0.39, 0.29) is 30.2 Å². The molecule has 0 heterocycles. The SMILES string of the molecule is CSCCC(NC(N)=O)C(=O)Nc1cc(CN)cc(C(F)(F)F)c1.Cl. The Kier molecular flexibility index (Phi) is 9.68. The molecule has 11 heteroatoms. The third-order valence-electron chi connectivity index (χ3n) is 3.07. The molecule has 0 spiro atoms. The number of benzene rings is 1. The van der Waals surface area contributed by atoms with Crippen molar-refractivity contribution in [2.24, 2.45) is 11.5 Å². The molecule has 0 aromatic heterocycles. The lowest BCUT2D eigenvalue weighted by Crippen LogP contribution is -2.46. The second-order valence-corrected chi connectivity index (χ2v) is 5.94. The van der Waals surface area contributed by atoms with Crippen LogP contribution >= 0.6 is 24.2 Å². The van der Waals surface area contributed by atoms with Crippen LogP contribution in [0.1, 0.15) is 17.5 Å². The highest BCUT2D eigenvalue weighted by molar-refractivity contribution is 7.98. The van der Waals surface area contributed by atoms with Crippen molar-refractivity contribution >= 4 is 41.8 Å². The number of thioether (sulfide) groups is 1. The van der Waals surface area contributed by atoms with Gasteiger partial charge in [0.25, 0.3) is 0 Å². The molecule has 25 heavy (non-hydrogen) atoms. The van der Waals surface area contributed by atoms with Crippen LogP contribution in [0.5, 0.6) is 0 Å². The van der Waals surface area contributed by atoms with Gasteiger partial charge in [0.1, 0.15) is 6.04 Å². The molecule has 1 atom stereocenters. The summed E-state index contributed by atoms with van der Waals surface area (Å²) >= 11 is 1.46. The number of nitrogens with one attached hydrogen (secondary N) is 2. The predicted molar refractivity (Wildman–Crippen MR) is 94.7 cm³/mol. The minimum absolute atomic E-state index is 0. The number of halogens is 4. The number of anilines is 1. The van der Waals surface area contributed by atoms with E-state index in [9.17, 15) is 22.8 Å². The molecular formula is C14H20ClF3N4O2S. The van der Waals surface area contributed by atoms with Crippen molar-refractivity contribution in [3.8, 4) is 0 Å². The Hall–Kier alpha value is -1.65. The molecule has 6 nitrogen and oxygen atoms in total. The maximum atomic E-state index is 12.9. The van der Waals surface area contributed by atoms with Gasteiger partial charge in [-0.25, -0.2) is 4.79 Å². The van der Waals surface area contributed by atoms with Gasteiger partial charge in [0, 0.05) is 12.2 Å². The zero-order valence-electron chi connectivity index (χ0n) is 13.4. The molecule has 1 rings (SSSR count). The highest BCUT2D eigenvalue weighted by Crippen LogP contribution is 2.32. The Morgan fingerprint density at radius 3 is 2.40 bits per heavy atom. The van der Waals surface area contributed by atoms with Crippen LogP contribution in [-0.4, -0.2) is 30.0 Å². The Morgan fingerprint density at radius 1 is 1.28 bits per heavy atom. The van der Waals surface area contributed by atoms with Crippen molar-refractivity contribution in [2.45, 2.75) is 25.2 Å². The highest BCUT2D eigenvalue weighted by atomic mass is 35.5. The summed E-state index contributed by atoms with van der Waals surface area (Å²) in [5.74, 6) is -0.0835. The normalized spacial score (nSPS) is 12.0. The van der Waals surface area contributed by atoms with Crippen LogP contribution in [0.3, 0.4) is 0 Å².